The van der Waals surface area contributed by atoms with E-state index in [0.29, 0.717) is 6.54 Å². The third-order valence-corrected chi connectivity index (χ3v) is 6.54. The summed E-state index contributed by atoms with van der Waals surface area (Å²) >= 11 is 0. The van der Waals surface area contributed by atoms with Crippen molar-refractivity contribution in [2.24, 2.45) is 5.92 Å². The van der Waals surface area contributed by atoms with Gasteiger partial charge in [0.25, 0.3) is 0 Å². The molecule has 3 fully saturated rings. The highest BCUT2D eigenvalue weighted by atomic mass is 16.8. The molecule has 5 atom stereocenters. The van der Waals surface area contributed by atoms with E-state index in [4.69, 9.17) is 23.7 Å². The summed E-state index contributed by atoms with van der Waals surface area (Å²) in [6, 6.07) is 0. The Bertz CT molecular complexity index is 654. The monoisotopic (exact) mass is 411 g/mol. The van der Waals surface area contributed by atoms with Gasteiger partial charge in [0.05, 0.1) is 18.2 Å². The molecule has 29 heavy (non-hydrogen) atoms. The maximum Gasteiger partial charge on any atom is 0.410 e. The van der Waals surface area contributed by atoms with Gasteiger partial charge < -0.3 is 23.7 Å². The second-order valence-electron chi connectivity index (χ2n) is 9.60. The summed E-state index contributed by atoms with van der Waals surface area (Å²) in [4.78, 5) is 15.0. The zero-order valence-electron chi connectivity index (χ0n) is 19.1. The quantitative estimate of drug-likeness (QED) is 0.655. The molecule has 3 aliphatic rings. The average molecular weight is 412 g/mol. The number of amides is 1. The van der Waals surface area contributed by atoms with E-state index in [0.717, 1.165) is 19.3 Å². The number of hydrogen-bond donors (Lipinski definition) is 0. The molecule has 166 valence electrons. The summed E-state index contributed by atoms with van der Waals surface area (Å²) in [7, 11) is 3.17. The topological polar surface area (TPSA) is 66.5 Å². The molecule has 7 heteroatoms. The normalized spacial score (nSPS) is 38.9. The number of rotatable bonds is 4. The molecule has 7 nitrogen and oxygen atoms in total. The first kappa shape index (κ1) is 22.5. The van der Waals surface area contributed by atoms with Crippen molar-refractivity contribution in [3.05, 3.63) is 12.2 Å². The van der Waals surface area contributed by atoms with E-state index in [1.54, 1.807) is 14.2 Å². The van der Waals surface area contributed by atoms with Crippen molar-refractivity contribution in [2.45, 2.75) is 95.7 Å². The van der Waals surface area contributed by atoms with Gasteiger partial charge in [0.2, 0.25) is 11.6 Å². The molecule has 0 unspecified atom stereocenters. The molecule has 1 aliphatic carbocycles. The van der Waals surface area contributed by atoms with Crippen LogP contribution >= 0.6 is 0 Å². The van der Waals surface area contributed by atoms with Crippen LogP contribution in [0.4, 0.5) is 4.79 Å². The van der Waals surface area contributed by atoms with E-state index in [-0.39, 0.29) is 29.8 Å². The number of hydrogen-bond acceptors (Lipinski definition) is 6. The molecule has 0 aromatic carbocycles. The van der Waals surface area contributed by atoms with E-state index in [1.807, 2.05) is 39.5 Å². The largest absolute Gasteiger partial charge is 0.444 e. The Labute approximate surface area is 174 Å². The van der Waals surface area contributed by atoms with Crippen molar-refractivity contribution in [1.29, 1.82) is 0 Å². The Balaban J connectivity index is 1.97. The van der Waals surface area contributed by atoms with Crippen LogP contribution in [0.3, 0.4) is 0 Å². The zero-order valence-corrected chi connectivity index (χ0v) is 19.1. The maximum atomic E-state index is 13.1. The van der Waals surface area contributed by atoms with Crippen LogP contribution in [-0.4, -0.2) is 66.7 Å². The van der Waals surface area contributed by atoms with E-state index in [2.05, 4.69) is 19.1 Å². The lowest BCUT2D eigenvalue weighted by Gasteiger charge is -2.58. The Kier molecular flexibility index (Phi) is 5.84. The predicted octanol–water partition coefficient (Wildman–Crippen LogP) is 3.86. The molecule has 0 radical (unpaired) electrons. The molecule has 0 N–H and O–H groups in total. The van der Waals surface area contributed by atoms with Crippen LogP contribution in [0.25, 0.3) is 0 Å². The van der Waals surface area contributed by atoms with Crippen LogP contribution in [0.5, 0.6) is 0 Å². The van der Waals surface area contributed by atoms with E-state index in [1.165, 1.54) is 0 Å². The van der Waals surface area contributed by atoms with Crippen LogP contribution in [0, 0.1) is 5.92 Å². The minimum atomic E-state index is -1.10. The molecular weight excluding hydrogens is 374 g/mol. The first-order valence-electron chi connectivity index (χ1n) is 10.6. The summed E-state index contributed by atoms with van der Waals surface area (Å²) in [5, 5.41) is 0. The van der Waals surface area contributed by atoms with Gasteiger partial charge in [0, 0.05) is 20.1 Å². The van der Waals surface area contributed by atoms with Crippen molar-refractivity contribution in [1.82, 2.24) is 4.90 Å². The maximum absolute atomic E-state index is 13.1. The second-order valence-corrected chi connectivity index (χ2v) is 9.60. The molecule has 0 aromatic rings. The summed E-state index contributed by atoms with van der Waals surface area (Å²) in [6.45, 7) is 11.8. The molecule has 0 bridgehead atoms. The number of nitrogens with zero attached hydrogens (tertiary/aromatic N) is 1. The van der Waals surface area contributed by atoms with Gasteiger partial charge in [-0.25, -0.2) is 4.79 Å². The molecule has 2 aliphatic heterocycles. The van der Waals surface area contributed by atoms with Crippen molar-refractivity contribution in [3.63, 3.8) is 0 Å². The number of fused-ring (bicyclic) bond motifs is 1. The second kappa shape index (κ2) is 7.52. The van der Waals surface area contributed by atoms with Gasteiger partial charge in [-0.2, -0.15) is 0 Å². The molecule has 2 heterocycles. The zero-order chi connectivity index (χ0) is 21.7. The summed E-state index contributed by atoms with van der Waals surface area (Å²) in [6.07, 6.45) is 6.17. The molecule has 1 spiro atoms. The van der Waals surface area contributed by atoms with Crippen LogP contribution in [0.2, 0.25) is 0 Å². The summed E-state index contributed by atoms with van der Waals surface area (Å²) < 4.78 is 30.1. The molecule has 0 aromatic heterocycles. The minimum absolute atomic E-state index is 0.00963. The van der Waals surface area contributed by atoms with Crippen molar-refractivity contribution >= 4 is 6.09 Å². The van der Waals surface area contributed by atoms with Gasteiger partial charge in [0.1, 0.15) is 11.7 Å². The lowest BCUT2D eigenvalue weighted by atomic mass is 9.80. The number of allylic oxidation sites excluding steroid dienone is 1. The van der Waals surface area contributed by atoms with Gasteiger partial charge >= 0.3 is 6.09 Å². The molecular formula is C22H37NO6. The van der Waals surface area contributed by atoms with E-state index >= 15 is 0 Å². The van der Waals surface area contributed by atoms with Crippen molar-refractivity contribution < 1.29 is 28.5 Å². The van der Waals surface area contributed by atoms with Crippen molar-refractivity contribution in [2.75, 3.05) is 20.8 Å². The molecule has 2 saturated heterocycles. The summed E-state index contributed by atoms with van der Waals surface area (Å²) in [5.74, 6) is -2.18. The Hall–Kier alpha value is -1.15. The van der Waals surface area contributed by atoms with Crippen LogP contribution < -0.4 is 0 Å². The Morgan fingerprint density at radius 2 is 1.72 bits per heavy atom. The summed E-state index contributed by atoms with van der Waals surface area (Å²) in [5.41, 5.74) is -0.855. The molecule has 3 rings (SSSR count). The van der Waals surface area contributed by atoms with Gasteiger partial charge in [0.15, 0.2) is 0 Å². The first-order valence-corrected chi connectivity index (χ1v) is 10.6. The highest BCUT2D eigenvalue weighted by molar-refractivity contribution is 5.70. The van der Waals surface area contributed by atoms with E-state index < -0.39 is 17.2 Å². The van der Waals surface area contributed by atoms with Gasteiger partial charge in [-0.3, -0.25) is 4.90 Å². The number of likely N-dealkylation sites (tertiary alicyclic amines) is 1. The van der Waals surface area contributed by atoms with Crippen LogP contribution in [0.1, 0.15) is 60.8 Å². The van der Waals surface area contributed by atoms with Gasteiger partial charge in [-0.05, 0) is 53.9 Å². The lowest BCUT2D eigenvalue weighted by Crippen LogP contribution is -2.72. The Morgan fingerprint density at radius 1 is 1.14 bits per heavy atom. The highest BCUT2D eigenvalue weighted by Gasteiger charge is 2.67. The van der Waals surface area contributed by atoms with Crippen LogP contribution in [-0.2, 0) is 23.7 Å². The number of piperidine rings is 1. The first-order chi connectivity index (χ1) is 13.5. The number of carbonyl (C=O) groups excluding carboxylic acids is 1. The number of methoxy groups -OCH3 is 2. The van der Waals surface area contributed by atoms with Crippen LogP contribution in [0.15, 0.2) is 12.2 Å². The molecule has 1 amide bonds. The van der Waals surface area contributed by atoms with E-state index in [9.17, 15) is 4.79 Å². The number of carbonyl (C=O) groups is 1. The minimum Gasteiger partial charge on any atom is -0.444 e. The SMILES string of the molecule is CC/C=C/[C@@H]1[C@H]2O[C@](C)(OC)[C@@](C)(OC)O[C@@H]2CN(C(=O)OC(C)(C)C)C12CC2. The smallest absolute Gasteiger partial charge is 0.410 e. The fraction of sp³-hybridized carbons (Fsp3) is 0.864. The third kappa shape index (κ3) is 3.82. The Morgan fingerprint density at radius 3 is 2.21 bits per heavy atom. The number of ether oxygens (including phenoxy) is 5. The highest BCUT2D eigenvalue weighted by Crippen LogP contribution is 2.56. The standard InChI is InChI=1S/C22H37NO6/c1-9-10-11-15-17-16(27-20(5,25-7)21(6,26-8)28-17)14-23(22(15)12-13-22)18(24)29-19(2,3)4/h10-11,15-17H,9,12-14H2,1-8H3/b11-10+/t15-,16-,17-,20+,21+/m1/s1. The molecule has 1 saturated carbocycles. The van der Waals surface area contributed by atoms with Gasteiger partial charge in [-0.15, -0.1) is 0 Å². The predicted molar refractivity (Wildman–Crippen MR) is 108 cm³/mol. The van der Waals surface area contributed by atoms with Crippen molar-refractivity contribution in [3.8, 4) is 0 Å². The van der Waals surface area contributed by atoms with Gasteiger partial charge in [-0.1, -0.05) is 19.1 Å². The lowest BCUT2D eigenvalue weighted by molar-refractivity contribution is -0.456. The fourth-order valence-electron chi connectivity index (χ4n) is 4.54. The average Bonchev–Trinajstić information content (AvgIpc) is 3.42. The fourth-order valence-corrected chi connectivity index (χ4v) is 4.54. The third-order valence-electron chi connectivity index (χ3n) is 6.54.